The van der Waals surface area contributed by atoms with Crippen LogP contribution < -0.4 is 0 Å². The van der Waals surface area contributed by atoms with E-state index in [-0.39, 0.29) is 5.91 Å². The molecule has 0 spiro atoms. The molecule has 1 fully saturated rings. The fraction of sp³-hybridized carbons (Fsp3) is 0.700. The number of allylic oxidation sites excluding steroid dienone is 1. The lowest BCUT2D eigenvalue weighted by atomic mass is 10.2. The number of likely N-dealkylation sites (tertiary alicyclic amines) is 1. The van der Waals surface area contributed by atoms with E-state index in [1.807, 2.05) is 17.9 Å². The fourth-order valence-corrected chi connectivity index (χ4v) is 1.46. The molecule has 1 atom stereocenters. The van der Waals surface area contributed by atoms with Gasteiger partial charge in [-0.15, -0.1) is 0 Å². The van der Waals surface area contributed by atoms with Crippen molar-refractivity contribution >= 4 is 5.91 Å². The van der Waals surface area contributed by atoms with Crippen LogP contribution in [0.2, 0.25) is 0 Å². The Labute approximate surface area is 74.2 Å². The SMILES string of the molecule is CC/C=C/C(=O)N1CC[C@@H](C)C1. The quantitative estimate of drug-likeness (QED) is 0.574. The average Bonchev–Trinajstić information content (AvgIpc) is 2.47. The first-order valence-electron chi connectivity index (χ1n) is 4.69. The van der Waals surface area contributed by atoms with Crippen molar-refractivity contribution in [1.82, 2.24) is 4.90 Å². The molecule has 2 nitrogen and oxygen atoms in total. The Morgan fingerprint density at radius 2 is 2.42 bits per heavy atom. The summed E-state index contributed by atoms with van der Waals surface area (Å²) in [6, 6.07) is 0. The van der Waals surface area contributed by atoms with Crippen LogP contribution in [0.15, 0.2) is 12.2 Å². The molecule has 1 amide bonds. The summed E-state index contributed by atoms with van der Waals surface area (Å²) in [4.78, 5) is 13.3. The predicted molar refractivity (Wildman–Crippen MR) is 49.8 cm³/mol. The van der Waals surface area contributed by atoms with Crippen molar-refractivity contribution in [2.24, 2.45) is 5.92 Å². The van der Waals surface area contributed by atoms with E-state index in [9.17, 15) is 4.79 Å². The maximum atomic E-state index is 11.4. The molecular formula is C10H17NO. The third-order valence-corrected chi connectivity index (χ3v) is 2.23. The highest BCUT2D eigenvalue weighted by atomic mass is 16.2. The van der Waals surface area contributed by atoms with Crippen molar-refractivity contribution in [3.63, 3.8) is 0 Å². The van der Waals surface area contributed by atoms with Crippen molar-refractivity contribution in [1.29, 1.82) is 0 Å². The molecule has 0 N–H and O–H groups in total. The van der Waals surface area contributed by atoms with Crippen LogP contribution in [0.5, 0.6) is 0 Å². The molecule has 68 valence electrons. The summed E-state index contributed by atoms with van der Waals surface area (Å²) in [5.41, 5.74) is 0. The lowest BCUT2D eigenvalue weighted by molar-refractivity contribution is -0.125. The summed E-state index contributed by atoms with van der Waals surface area (Å²) >= 11 is 0. The summed E-state index contributed by atoms with van der Waals surface area (Å²) in [6.07, 6.45) is 5.71. The lowest BCUT2D eigenvalue weighted by Crippen LogP contribution is -2.26. The van der Waals surface area contributed by atoms with Crippen LogP contribution in [0.1, 0.15) is 26.7 Å². The van der Waals surface area contributed by atoms with Crippen molar-refractivity contribution < 1.29 is 4.79 Å². The first-order valence-corrected chi connectivity index (χ1v) is 4.69. The minimum Gasteiger partial charge on any atom is -0.339 e. The Kier molecular flexibility index (Phi) is 3.32. The van der Waals surface area contributed by atoms with Gasteiger partial charge >= 0.3 is 0 Å². The van der Waals surface area contributed by atoms with E-state index >= 15 is 0 Å². The molecule has 0 aromatic rings. The zero-order valence-electron chi connectivity index (χ0n) is 7.92. The van der Waals surface area contributed by atoms with Crippen LogP contribution in [0, 0.1) is 5.92 Å². The largest absolute Gasteiger partial charge is 0.339 e. The van der Waals surface area contributed by atoms with Gasteiger partial charge in [-0.3, -0.25) is 4.79 Å². The molecule has 0 aromatic heterocycles. The Morgan fingerprint density at radius 1 is 1.67 bits per heavy atom. The zero-order valence-corrected chi connectivity index (χ0v) is 7.92. The highest BCUT2D eigenvalue weighted by Gasteiger charge is 2.20. The molecule has 0 aliphatic carbocycles. The molecule has 0 saturated carbocycles. The zero-order chi connectivity index (χ0) is 8.97. The number of hydrogen-bond acceptors (Lipinski definition) is 1. The third-order valence-electron chi connectivity index (χ3n) is 2.23. The number of rotatable bonds is 2. The summed E-state index contributed by atoms with van der Waals surface area (Å²) in [7, 11) is 0. The molecule has 0 aromatic carbocycles. The molecule has 0 bridgehead atoms. The van der Waals surface area contributed by atoms with E-state index < -0.39 is 0 Å². The highest BCUT2D eigenvalue weighted by Crippen LogP contribution is 2.14. The van der Waals surface area contributed by atoms with Crippen molar-refractivity contribution in [2.75, 3.05) is 13.1 Å². The van der Waals surface area contributed by atoms with Gasteiger partial charge in [0.15, 0.2) is 0 Å². The normalized spacial score (nSPS) is 23.8. The first kappa shape index (κ1) is 9.30. The lowest BCUT2D eigenvalue weighted by Gasteiger charge is -2.12. The molecule has 12 heavy (non-hydrogen) atoms. The van der Waals surface area contributed by atoms with Gasteiger partial charge in [0, 0.05) is 13.1 Å². The second kappa shape index (κ2) is 4.29. The molecular weight excluding hydrogens is 150 g/mol. The second-order valence-electron chi connectivity index (χ2n) is 3.49. The van der Waals surface area contributed by atoms with Gasteiger partial charge in [0.1, 0.15) is 0 Å². The van der Waals surface area contributed by atoms with Crippen LogP contribution in [0.25, 0.3) is 0 Å². The highest BCUT2D eigenvalue weighted by molar-refractivity contribution is 5.87. The minimum atomic E-state index is 0.182. The van der Waals surface area contributed by atoms with E-state index in [1.54, 1.807) is 6.08 Å². The monoisotopic (exact) mass is 167 g/mol. The minimum absolute atomic E-state index is 0.182. The Morgan fingerprint density at radius 3 is 2.92 bits per heavy atom. The maximum Gasteiger partial charge on any atom is 0.246 e. The molecule has 2 heteroatoms. The molecule has 1 saturated heterocycles. The summed E-state index contributed by atoms with van der Waals surface area (Å²) in [6.45, 7) is 6.11. The van der Waals surface area contributed by atoms with Gasteiger partial charge in [-0.2, -0.15) is 0 Å². The molecule has 1 rings (SSSR count). The molecule has 1 aliphatic heterocycles. The Bertz CT molecular complexity index is 186. The van der Waals surface area contributed by atoms with Crippen molar-refractivity contribution in [3.05, 3.63) is 12.2 Å². The summed E-state index contributed by atoms with van der Waals surface area (Å²) < 4.78 is 0. The third kappa shape index (κ3) is 2.36. The second-order valence-corrected chi connectivity index (χ2v) is 3.49. The maximum absolute atomic E-state index is 11.4. The number of nitrogens with zero attached hydrogens (tertiary/aromatic N) is 1. The van der Waals surface area contributed by atoms with Crippen LogP contribution in [-0.2, 0) is 4.79 Å². The van der Waals surface area contributed by atoms with Gasteiger partial charge in [0.2, 0.25) is 5.91 Å². The van der Waals surface area contributed by atoms with Crippen molar-refractivity contribution in [2.45, 2.75) is 26.7 Å². The van der Waals surface area contributed by atoms with Crippen LogP contribution in [0.3, 0.4) is 0 Å². The molecule has 0 radical (unpaired) electrons. The smallest absolute Gasteiger partial charge is 0.246 e. The number of amides is 1. The standard InChI is InChI=1S/C10H17NO/c1-3-4-5-10(12)11-7-6-9(2)8-11/h4-5,9H,3,6-8H2,1-2H3/b5-4+/t9-/m1/s1. The molecule has 1 heterocycles. The number of carbonyl (C=O) groups excluding carboxylic acids is 1. The fourth-order valence-electron chi connectivity index (χ4n) is 1.46. The van der Waals surface area contributed by atoms with Gasteiger partial charge in [-0.1, -0.05) is 19.9 Å². The number of hydrogen-bond donors (Lipinski definition) is 0. The van der Waals surface area contributed by atoms with Gasteiger partial charge < -0.3 is 4.90 Å². The Balaban J connectivity index is 2.38. The van der Waals surface area contributed by atoms with Crippen molar-refractivity contribution in [3.8, 4) is 0 Å². The molecule has 0 unspecified atom stereocenters. The van der Waals surface area contributed by atoms with Gasteiger partial charge in [-0.25, -0.2) is 0 Å². The van der Waals surface area contributed by atoms with Gasteiger partial charge in [0.25, 0.3) is 0 Å². The summed E-state index contributed by atoms with van der Waals surface area (Å²) in [5.74, 6) is 0.866. The average molecular weight is 167 g/mol. The van der Waals surface area contributed by atoms with E-state index in [2.05, 4.69) is 6.92 Å². The van der Waals surface area contributed by atoms with E-state index in [1.165, 1.54) is 0 Å². The molecule has 1 aliphatic rings. The first-order chi connectivity index (χ1) is 5.74. The van der Waals surface area contributed by atoms with Crippen LogP contribution in [-0.4, -0.2) is 23.9 Å². The van der Waals surface area contributed by atoms with Crippen LogP contribution >= 0.6 is 0 Å². The Hall–Kier alpha value is -0.790. The van der Waals surface area contributed by atoms with Gasteiger partial charge in [0.05, 0.1) is 0 Å². The van der Waals surface area contributed by atoms with E-state index in [4.69, 9.17) is 0 Å². The van der Waals surface area contributed by atoms with E-state index in [0.29, 0.717) is 5.92 Å². The number of carbonyl (C=O) groups is 1. The van der Waals surface area contributed by atoms with Gasteiger partial charge in [-0.05, 0) is 24.8 Å². The predicted octanol–water partition coefficient (Wildman–Crippen LogP) is 1.82. The topological polar surface area (TPSA) is 20.3 Å². The van der Waals surface area contributed by atoms with Crippen LogP contribution in [0.4, 0.5) is 0 Å². The summed E-state index contributed by atoms with van der Waals surface area (Å²) in [5, 5.41) is 0. The van der Waals surface area contributed by atoms with E-state index in [0.717, 1.165) is 25.9 Å².